The van der Waals surface area contributed by atoms with E-state index < -0.39 is 13.1 Å². The molecule has 2 aromatic carbocycles. The first kappa shape index (κ1) is 14.6. The van der Waals surface area contributed by atoms with E-state index in [1.807, 2.05) is 42.5 Å². The van der Waals surface area contributed by atoms with Gasteiger partial charge in [-0.2, -0.15) is 0 Å². The van der Waals surface area contributed by atoms with Gasteiger partial charge in [0.1, 0.15) is 0 Å². The molecule has 0 aliphatic carbocycles. The van der Waals surface area contributed by atoms with E-state index in [0.29, 0.717) is 31.2 Å². The number of aliphatic hydroxyl groups is 1. The standard InChI is InChI=1S/C21H27ClN2O2/c22-20-8-6-19(7-9-20)21(18-4-2-1-3-5-18)24-12-10-23(11-13-24)14-16-26-17-15-25/h1-9,21,25H,10-17H2/i14D2,16D2. The van der Waals surface area contributed by atoms with Gasteiger partial charge in [-0.15, -0.1) is 0 Å². The Hall–Kier alpha value is -1.43. The molecule has 3 rings (SSSR count). The third-order valence-electron chi connectivity index (χ3n) is 4.45. The monoisotopic (exact) mass is 378 g/mol. The Morgan fingerprint density at radius 1 is 1.00 bits per heavy atom. The van der Waals surface area contributed by atoms with Crippen molar-refractivity contribution in [3.8, 4) is 0 Å². The molecule has 0 bridgehead atoms. The van der Waals surface area contributed by atoms with Crippen molar-refractivity contribution in [3.05, 3.63) is 70.7 Å². The fourth-order valence-corrected chi connectivity index (χ4v) is 3.31. The summed E-state index contributed by atoms with van der Waals surface area (Å²) >= 11 is 6.07. The summed E-state index contributed by atoms with van der Waals surface area (Å²) in [5.41, 5.74) is 2.24. The van der Waals surface area contributed by atoms with Crippen LogP contribution in [0, 0.1) is 0 Å². The smallest absolute Gasteiger partial charge is 0.0698 e. The van der Waals surface area contributed by atoms with Gasteiger partial charge in [-0.05, 0) is 23.3 Å². The van der Waals surface area contributed by atoms with Gasteiger partial charge in [-0.1, -0.05) is 54.1 Å². The normalized spacial score (nSPS) is 20.7. The Labute approximate surface area is 166 Å². The second kappa shape index (κ2) is 10.0. The second-order valence-electron chi connectivity index (χ2n) is 6.17. The maximum Gasteiger partial charge on any atom is 0.0698 e. The molecular weight excluding hydrogens is 348 g/mol. The highest BCUT2D eigenvalue weighted by atomic mass is 35.5. The minimum atomic E-state index is -2.52. The average molecular weight is 379 g/mol. The minimum Gasteiger partial charge on any atom is -0.394 e. The van der Waals surface area contributed by atoms with Gasteiger partial charge in [-0.25, -0.2) is 0 Å². The molecule has 1 aliphatic rings. The quantitative estimate of drug-likeness (QED) is 0.765. The van der Waals surface area contributed by atoms with E-state index in [1.165, 1.54) is 4.90 Å². The van der Waals surface area contributed by atoms with E-state index in [-0.39, 0.29) is 19.3 Å². The van der Waals surface area contributed by atoms with Crippen LogP contribution in [0.15, 0.2) is 54.6 Å². The molecule has 1 atom stereocenters. The van der Waals surface area contributed by atoms with E-state index in [0.717, 1.165) is 11.1 Å². The minimum absolute atomic E-state index is 0.00103. The van der Waals surface area contributed by atoms with Gasteiger partial charge in [0, 0.05) is 40.4 Å². The van der Waals surface area contributed by atoms with Gasteiger partial charge in [0.2, 0.25) is 0 Å². The lowest BCUT2D eigenvalue weighted by atomic mass is 9.96. The first-order chi connectivity index (χ1) is 14.3. The number of rotatable bonds is 8. The summed E-state index contributed by atoms with van der Waals surface area (Å²) in [6.45, 7) is -3.60. The summed E-state index contributed by atoms with van der Waals surface area (Å²) in [6, 6.07) is 17.9. The predicted molar refractivity (Wildman–Crippen MR) is 106 cm³/mol. The molecule has 1 heterocycles. The fourth-order valence-electron chi connectivity index (χ4n) is 3.18. The van der Waals surface area contributed by atoms with Crippen LogP contribution in [0.2, 0.25) is 5.02 Å². The highest BCUT2D eigenvalue weighted by Gasteiger charge is 2.26. The summed E-state index contributed by atoms with van der Waals surface area (Å²) in [6.07, 6.45) is 0. The predicted octanol–water partition coefficient (Wildman–Crippen LogP) is 3.06. The van der Waals surface area contributed by atoms with Crippen LogP contribution in [0.5, 0.6) is 0 Å². The molecule has 1 N–H and O–H groups in total. The summed E-state index contributed by atoms with van der Waals surface area (Å²) in [7, 11) is 0. The lowest BCUT2D eigenvalue weighted by molar-refractivity contribution is 0.0522. The zero-order valence-corrected chi connectivity index (χ0v) is 15.4. The van der Waals surface area contributed by atoms with Gasteiger partial charge in [0.15, 0.2) is 0 Å². The maximum absolute atomic E-state index is 8.89. The molecule has 0 aromatic heterocycles. The number of benzene rings is 2. The van der Waals surface area contributed by atoms with Crippen LogP contribution in [-0.2, 0) is 4.74 Å². The van der Waals surface area contributed by atoms with E-state index in [2.05, 4.69) is 17.0 Å². The van der Waals surface area contributed by atoms with Gasteiger partial charge >= 0.3 is 0 Å². The lowest BCUT2D eigenvalue weighted by Crippen LogP contribution is -2.48. The summed E-state index contributed by atoms with van der Waals surface area (Å²) in [5, 5.41) is 9.57. The summed E-state index contributed by atoms with van der Waals surface area (Å²) in [5.74, 6) is 0. The van der Waals surface area contributed by atoms with Crippen LogP contribution in [0.4, 0.5) is 0 Å². The SMILES string of the molecule is [2H]C([2H])(OCCO)C([2H])([2H])N1CCN(C(c2ccccc2)c2ccc(Cl)cc2)CC1. The molecule has 1 unspecified atom stereocenters. The molecular formula is C21H27ClN2O2. The van der Waals surface area contributed by atoms with Crippen molar-refractivity contribution in [2.45, 2.75) is 6.04 Å². The molecule has 1 fully saturated rings. The molecule has 140 valence electrons. The lowest BCUT2D eigenvalue weighted by Gasteiger charge is -2.39. The molecule has 0 saturated carbocycles. The number of hydrogen-bond acceptors (Lipinski definition) is 4. The largest absolute Gasteiger partial charge is 0.394 e. The van der Waals surface area contributed by atoms with Crippen molar-refractivity contribution in [3.63, 3.8) is 0 Å². The molecule has 5 heteroatoms. The van der Waals surface area contributed by atoms with E-state index in [4.69, 9.17) is 26.9 Å². The second-order valence-corrected chi connectivity index (χ2v) is 6.61. The third kappa shape index (κ3) is 5.29. The number of ether oxygens (including phenoxy) is 1. The van der Waals surface area contributed by atoms with Crippen LogP contribution in [0.3, 0.4) is 0 Å². The van der Waals surface area contributed by atoms with Gasteiger partial charge in [0.25, 0.3) is 0 Å². The van der Waals surface area contributed by atoms with Gasteiger partial charge in [0.05, 0.1) is 28.6 Å². The van der Waals surface area contributed by atoms with Crippen molar-refractivity contribution < 1.29 is 15.3 Å². The first-order valence-corrected chi connectivity index (χ1v) is 9.18. The van der Waals surface area contributed by atoms with Crippen LogP contribution in [-0.4, -0.2) is 67.4 Å². The molecule has 2 aromatic rings. The molecule has 26 heavy (non-hydrogen) atoms. The molecule has 1 aliphatic heterocycles. The number of hydrogen-bond donors (Lipinski definition) is 1. The van der Waals surface area contributed by atoms with Crippen LogP contribution < -0.4 is 0 Å². The van der Waals surface area contributed by atoms with Crippen LogP contribution >= 0.6 is 11.6 Å². The number of aliphatic hydroxyl groups excluding tert-OH is 1. The van der Waals surface area contributed by atoms with Crippen molar-refractivity contribution in [2.24, 2.45) is 0 Å². The molecule has 0 amide bonds. The topological polar surface area (TPSA) is 35.9 Å². The Bertz CT molecular complexity index is 800. The Balaban J connectivity index is 1.77. The van der Waals surface area contributed by atoms with E-state index in [9.17, 15) is 0 Å². The Kier molecular flexibility index (Phi) is 5.64. The Morgan fingerprint density at radius 3 is 2.31 bits per heavy atom. The van der Waals surface area contributed by atoms with Crippen LogP contribution in [0.25, 0.3) is 0 Å². The highest BCUT2D eigenvalue weighted by Crippen LogP contribution is 2.30. The van der Waals surface area contributed by atoms with Crippen molar-refractivity contribution >= 4 is 11.6 Å². The van der Waals surface area contributed by atoms with E-state index >= 15 is 0 Å². The van der Waals surface area contributed by atoms with Crippen molar-refractivity contribution in [2.75, 3.05) is 52.4 Å². The average Bonchev–Trinajstić information content (AvgIpc) is 2.75. The molecule has 1 saturated heterocycles. The molecule has 4 nitrogen and oxygen atoms in total. The molecule has 0 spiro atoms. The van der Waals surface area contributed by atoms with Gasteiger partial charge < -0.3 is 9.84 Å². The zero-order valence-electron chi connectivity index (χ0n) is 18.6. The fraction of sp³-hybridized carbons (Fsp3) is 0.429. The number of nitrogens with zero attached hydrogens (tertiary/aromatic N) is 2. The third-order valence-corrected chi connectivity index (χ3v) is 4.70. The summed E-state index contributed by atoms with van der Waals surface area (Å²) in [4.78, 5) is 3.75. The first-order valence-electron chi connectivity index (χ1n) is 10.8. The molecule has 0 radical (unpaired) electrons. The van der Waals surface area contributed by atoms with Crippen molar-refractivity contribution in [1.29, 1.82) is 0 Å². The number of piperazine rings is 1. The van der Waals surface area contributed by atoms with Gasteiger partial charge in [-0.3, -0.25) is 9.80 Å². The van der Waals surface area contributed by atoms with Crippen molar-refractivity contribution in [1.82, 2.24) is 9.80 Å². The highest BCUT2D eigenvalue weighted by molar-refractivity contribution is 6.30. The van der Waals surface area contributed by atoms with E-state index in [1.54, 1.807) is 0 Å². The Morgan fingerprint density at radius 2 is 1.65 bits per heavy atom. The zero-order chi connectivity index (χ0) is 21.8. The summed E-state index contributed by atoms with van der Waals surface area (Å²) < 4.78 is 37.5. The number of halogens is 1. The van der Waals surface area contributed by atoms with Crippen LogP contribution in [0.1, 0.15) is 22.7 Å². The maximum atomic E-state index is 8.89.